The lowest BCUT2D eigenvalue weighted by Gasteiger charge is -2.08. The number of aliphatic hydroxyl groups is 1. The third kappa shape index (κ3) is 5.66. The van der Waals surface area contributed by atoms with Crippen LogP contribution < -0.4 is 11.1 Å². The Bertz CT molecular complexity index is 125. The maximum Gasteiger partial charge on any atom is 0.188 e. The van der Waals surface area contributed by atoms with E-state index >= 15 is 0 Å². The average molecular weight is 159 g/mol. The molecule has 4 heteroatoms. The molecule has 0 aliphatic carbocycles. The van der Waals surface area contributed by atoms with Gasteiger partial charge in [-0.1, -0.05) is 6.92 Å². The van der Waals surface area contributed by atoms with Gasteiger partial charge in [-0.15, -0.1) is 0 Å². The van der Waals surface area contributed by atoms with Crippen LogP contribution in [0.5, 0.6) is 0 Å². The molecule has 0 saturated heterocycles. The van der Waals surface area contributed by atoms with Gasteiger partial charge < -0.3 is 16.2 Å². The van der Waals surface area contributed by atoms with Crippen LogP contribution in [0.4, 0.5) is 0 Å². The Morgan fingerprint density at radius 1 is 1.73 bits per heavy atom. The number of aliphatic hydroxyl groups excluding tert-OH is 1. The minimum absolute atomic E-state index is 0.229. The van der Waals surface area contributed by atoms with Gasteiger partial charge in [0, 0.05) is 13.6 Å². The topological polar surface area (TPSA) is 70.6 Å². The maximum atomic E-state index is 9.12. The van der Waals surface area contributed by atoms with Crippen molar-refractivity contribution < 1.29 is 5.11 Å². The summed E-state index contributed by atoms with van der Waals surface area (Å²) in [7, 11) is 1.62. The highest BCUT2D eigenvalue weighted by Gasteiger charge is 1.98. The predicted octanol–water partition coefficient (Wildman–Crippen LogP) is -0.318. The first-order valence-electron chi connectivity index (χ1n) is 3.84. The smallest absolute Gasteiger partial charge is 0.188 e. The van der Waals surface area contributed by atoms with Gasteiger partial charge in [0.25, 0.3) is 0 Å². The van der Waals surface area contributed by atoms with Gasteiger partial charge in [-0.05, 0) is 12.8 Å². The molecule has 11 heavy (non-hydrogen) atoms. The van der Waals surface area contributed by atoms with E-state index in [4.69, 9.17) is 10.8 Å². The van der Waals surface area contributed by atoms with E-state index in [0.29, 0.717) is 18.9 Å². The standard InChI is InChI=1S/C7H17N3O/c1-3-6(11)4-5-10-7(8)9-2/h6,11H,3-5H2,1-2H3,(H3,8,9,10). The summed E-state index contributed by atoms with van der Waals surface area (Å²) in [5, 5.41) is 12.0. The van der Waals surface area contributed by atoms with Crippen LogP contribution in [0.2, 0.25) is 0 Å². The summed E-state index contributed by atoms with van der Waals surface area (Å²) in [5.74, 6) is 0.424. The molecular weight excluding hydrogens is 142 g/mol. The molecule has 0 aromatic carbocycles. The Balaban J connectivity index is 3.27. The summed E-state index contributed by atoms with van der Waals surface area (Å²) in [5.41, 5.74) is 5.36. The normalized spacial score (nSPS) is 14.6. The van der Waals surface area contributed by atoms with E-state index in [9.17, 15) is 0 Å². The zero-order valence-corrected chi connectivity index (χ0v) is 7.17. The quantitative estimate of drug-likeness (QED) is 0.389. The zero-order chi connectivity index (χ0) is 8.69. The first-order valence-corrected chi connectivity index (χ1v) is 3.84. The van der Waals surface area contributed by atoms with Gasteiger partial charge in [0.1, 0.15) is 0 Å². The first-order chi connectivity index (χ1) is 5.20. The molecule has 0 rings (SSSR count). The minimum Gasteiger partial charge on any atom is -0.393 e. The summed E-state index contributed by atoms with van der Waals surface area (Å²) in [6.45, 7) is 2.63. The van der Waals surface area contributed by atoms with Crippen LogP contribution in [0, 0.1) is 0 Å². The molecule has 1 atom stereocenters. The highest BCUT2D eigenvalue weighted by molar-refractivity contribution is 5.77. The molecule has 0 bridgehead atoms. The van der Waals surface area contributed by atoms with Gasteiger partial charge in [0.15, 0.2) is 5.96 Å². The van der Waals surface area contributed by atoms with Gasteiger partial charge in [-0.3, -0.25) is 4.99 Å². The van der Waals surface area contributed by atoms with Crippen LogP contribution in [0.25, 0.3) is 0 Å². The van der Waals surface area contributed by atoms with E-state index in [-0.39, 0.29) is 6.10 Å². The molecule has 0 aromatic heterocycles. The van der Waals surface area contributed by atoms with Crippen LogP contribution in [0.1, 0.15) is 19.8 Å². The number of rotatable bonds is 4. The number of hydrogen-bond donors (Lipinski definition) is 3. The minimum atomic E-state index is -0.229. The van der Waals surface area contributed by atoms with Crippen molar-refractivity contribution in [2.24, 2.45) is 10.7 Å². The van der Waals surface area contributed by atoms with Gasteiger partial charge in [0.05, 0.1) is 6.10 Å². The molecule has 4 N–H and O–H groups in total. The van der Waals surface area contributed by atoms with Crippen molar-refractivity contribution in [2.75, 3.05) is 13.6 Å². The lowest BCUT2D eigenvalue weighted by molar-refractivity contribution is 0.161. The van der Waals surface area contributed by atoms with Crippen LogP contribution in [-0.4, -0.2) is 30.8 Å². The second-order valence-electron chi connectivity index (χ2n) is 2.39. The summed E-state index contributed by atoms with van der Waals surface area (Å²) < 4.78 is 0. The van der Waals surface area contributed by atoms with Crippen molar-refractivity contribution in [3.63, 3.8) is 0 Å². The summed E-state index contributed by atoms with van der Waals surface area (Å²) in [6, 6.07) is 0. The Morgan fingerprint density at radius 2 is 2.36 bits per heavy atom. The van der Waals surface area contributed by atoms with Crippen molar-refractivity contribution in [3.8, 4) is 0 Å². The van der Waals surface area contributed by atoms with E-state index in [1.54, 1.807) is 7.05 Å². The molecule has 0 aliphatic rings. The molecule has 0 aliphatic heterocycles. The Hall–Kier alpha value is -0.770. The Morgan fingerprint density at radius 3 is 2.82 bits per heavy atom. The van der Waals surface area contributed by atoms with Crippen molar-refractivity contribution in [2.45, 2.75) is 25.9 Å². The molecule has 0 spiro atoms. The lowest BCUT2D eigenvalue weighted by Crippen LogP contribution is -2.33. The molecule has 1 unspecified atom stereocenters. The van der Waals surface area contributed by atoms with E-state index in [1.807, 2.05) is 6.92 Å². The van der Waals surface area contributed by atoms with Crippen LogP contribution in [0.3, 0.4) is 0 Å². The number of nitrogens with one attached hydrogen (secondary N) is 1. The van der Waals surface area contributed by atoms with Gasteiger partial charge in [0.2, 0.25) is 0 Å². The number of hydrogen-bond acceptors (Lipinski definition) is 2. The van der Waals surface area contributed by atoms with Gasteiger partial charge in [-0.2, -0.15) is 0 Å². The summed E-state index contributed by atoms with van der Waals surface area (Å²) in [4.78, 5) is 3.71. The van der Waals surface area contributed by atoms with Crippen LogP contribution >= 0.6 is 0 Å². The van der Waals surface area contributed by atoms with E-state index < -0.39 is 0 Å². The van der Waals surface area contributed by atoms with E-state index in [1.165, 1.54) is 0 Å². The van der Waals surface area contributed by atoms with E-state index in [2.05, 4.69) is 10.3 Å². The fraction of sp³-hybridized carbons (Fsp3) is 0.857. The van der Waals surface area contributed by atoms with Crippen molar-refractivity contribution >= 4 is 5.96 Å². The molecule has 0 amide bonds. The third-order valence-electron chi connectivity index (χ3n) is 1.50. The second-order valence-corrected chi connectivity index (χ2v) is 2.39. The summed E-state index contributed by atoms with van der Waals surface area (Å²) >= 11 is 0. The maximum absolute atomic E-state index is 9.12. The molecule has 66 valence electrons. The monoisotopic (exact) mass is 159 g/mol. The Labute approximate surface area is 67.5 Å². The molecule has 0 saturated carbocycles. The van der Waals surface area contributed by atoms with Crippen LogP contribution in [0.15, 0.2) is 4.99 Å². The molecule has 4 nitrogen and oxygen atoms in total. The van der Waals surface area contributed by atoms with Gasteiger partial charge in [-0.25, -0.2) is 0 Å². The largest absolute Gasteiger partial charge is 0.393 e. The number of nitrogens with two attached hydrogens (primary N) is 1. The second kappa shape index (κ2) is 5.97. The lowest BCUT2D eigenvalue weighted by atomic mass is 10.2. The number of guanidine groups is 1. The SMILES string of the molecule is CCC(O)CCNC(N)=NC. The highest BCUT2D eigenvalue weighted by Crippen LogP contribution is 1.93. The van der Waals surface area contributed by atoms with Gasteiger partial charge >= 0.3 is 0 Å². The number of aliphatic imine (C=N–C) groups is 1. The van der Waals surface area contributed by atoms with Crippen molar-refractivity contribution in [3.05, 3.63) is 0 Å². The molecule has 0 fully saturated rings. The Kier molecular flexibility index (Phi) is 5.56. The molecular formula is C7H17N3O. The van der Waals surface area contributed by atoms with Crippen LogP contribution in [-0.2, 0) is 0 Å². The fourth-order valence-corrected chi connectivity index (χ4v) is 0.650. The zero-order valence-electron chi connectivity index (χ0n) is 7.17. The predicted molar refractivity (Wildman–Crippen MR) is 46.5 cm³/mol. The fourth-order valence-electron chi connectivity index (χ4n) is 0.650. The highest BCUT2D eigenvalue weighted by atomic mass is 16.3. The number of nitrogens with zero attached hydrogens (tertiary/aromatic N) is 1. The van der Waals surface area contributed by atoms with Crippen molar-refractivity contribution in [1.82, 2.24) is 5.32 Å². The third-order valence-corrected chi connectivity index (χ3v) is 1.50. The molecule has 0 radical (unpaired) electrons. The average Bonchev–Trinajstić information content (AvgIpc) is 2.04. The first kappa shape index (κ1) is 10.2. The summed E-state index contributed by atoms with van der Waals surface area (Å²) in [6.07, 6.45) is 1.27. The molecule has 0 aromatic rings. The molecule has 0 heterocycles. The van der Waals surface area contributed by atoms with Crippen molar-refractivity contribution in [1.29, 1.82) is 0 Å². The van der Waals surface area contributed by atoms with E-state index in [0.717, 1.165) is 6.42 Å².